The lowest BCUT2D eigenvalue weighted by Gasteiger charge is -2.34. The van der Waals surface area contributed by atoms with E-state index in [-0.39, 0.29) is 5.91 Å². The van der Waals surface area contributed by atoms with Crippen LogP contribution in [0.3, 0.4) is 0 Å². The molecule has 2 aromatic carbocycles. The molecule has 0 bridgehead atoms. The van der Waals surface area contributed by atoms with Gasteiger partial charge in [-0.05, 0) is 41.6 Å². The van der Waals surface area contributed by atoms with Crippen molar-refractivity contribution in [2.45, 2.75) is 20.0 Å². The molecule has 160 valence electrons. The Morgan fingerprint density at radius 2 is 1.48 bits per heavy atom. The molecule has 2 heterocycles. The van der Waals surface area contributed by atoms with Crippen LogP contribution in [-0.4, -0.2) is 47.6 Å². The predicted octanol–water partition coefficient (Wildman–Crippen LogP) is 4.22. The molecule has 0 radical (unpaired) electrons. The molecule has 1 aromatic heterocycles. The van der Waals surface area contributed by atoms with Crippen LogP contribution in [0.25, 0.3) is 0 Å². The standard InChI is InChI=1S/C25H28N4OS/c1-20(24-8-5-17-31-24)26-27-25(30)23-11-9-22(10-12-23)19-29-15-13-28(14-16-29)18-21-6-3-2-4-7-21/h2-12,17H,13-16,18-19H2,1H3,(H,27,30)/b26-20-. The van der Waals surface area contributed by atoms with Gasteiger partial charge in [-0.1, -0.05) is 48.5 Å². The maximum Gasteiger partial charge on any atom is 0.271 e. The zero-order valence-electron chi connectivity index (χ0n) is 17.8. The summed E-state index contributed by atoms with van der Waals surface area (Å²) in [5.41, 5.74) is 6.69. The summed E-state index contributed by atoms with van der Waals surface area (Å²) in [7, 11) is 0. The first-order valence-corrected chi connectivity index (χ1v) is 11.5. The number of amides is 1. The van der Waals surface area contributed by atoms with Crippen molar-refractivity contribution in [3.05, 3.63) is 93.7 Å². The van der Waals surface area contributed by atoms with E-state index in [1.807, 2.05) is 48.7 Å². The zero-order chi connectivity index (χ0) is 21.5. The van der Waals surface area contributed by atoms with Gasteiger partial charge in [-0.15, -0.1) is 11.3 Å². The van der Waals surface area contributed by atoms with Crippen molar-refractivity contribution in [3.8, 4) is 0 Å². The number of rotatable bonds is 7. The van der Waals surface area contributed by atoms with Crippen molar-refractivity contribution in [1.82, 2.24) is 15.2 Å². The van der Waals surface area contributed by atoms with Gasteiger partial charge in [-0.2, -0.15) is 5.10 Å². The first kappa shape index (κ1) is 21.4. The number of carbonyl (C=O) groups excluding carboxylic acids is 1. The van der Waals surface area contributed by atoms with Crippen molar-refractivity contribution < 1.29 is 4.79 Å². The monoisotopic (exact) mass is 432 g/mol. The van der Waals surface area contributed by atoms with Gasteiger partial charge >= 0.3 is 0 Å². The molecule has 1 amide bonds. The summed E-state index contributed by atoms with van der Waals surface area (Å²) in [5.74, 6) is -0.183. The minimum Gasteiger partial charge on any atom is -0.297 e. The summed E-state index contributed by atoms with van der Waals surface area (Å²) in [5, 5.41) is 6.21. The van der Waals surface area contributed by atoms with Crippen molar-refractivity contribution >= 4 is 23.0 Å². The van der Waals surface area contributed by atoms with Crippen LogP contribution in [0.2, 0.25) is 0 Å². The molecule has 6 heteroatoms. The molecule has 0 atom stereocenters. The fourth-order valence-electron chi connectivity index (χ4n) is 3.71. The summed E-state index contributed by atoms with van der Waals surface area (Å²) < 4.78 is 0. The fraction of sp³-hybridized carbons (Fsp3) is 0.280. The van der Waals surface area contributed by atoms with Crippen LogP contribution in [0.15, 0.2) is 77.2 Å². The van der Waals surface area contributed by atoms with Gasteiger partial charge in [0.2, 0.25) is 0 Å². The van der Waals surface area contributed by atoms with Gasteiger partial charge in [-0.3, -0.25) is 14.6 Å². The second kappa shape index (κ2) is 10.5. The second-order valence-corrected chi connectivity index (χ2v) is 8.80. The number of benzene rings is 2. The molecular formula is C25H28N4OS. The van der Waals surface area contributed by atoms with Crippen LogP contribution in [0.4, 0.5) is 0 Å². The van der Waals surface area contributed by atoms with Gasteiger partial charge < -0.3 is 0 Å². The zero-order valence-corrected chi connectivity index (χ0v) is 18.6. The van der Waals surface area contributed by atoms with Crippen LogP contribution in [0.1, 0.15) is 33.3 Å². The normalized spacial score (nSPS) is 15.7. The van der Waals surface area contributed by atoms with E-state index in [4.69, 9.17) is 0 Å². The number of thiophene rings is 1. The molecule has 0 unspecified atom stereocenters. The predicted molar refractivity (Wildman–Crippen MR) is 127 cm³/mol. The van der Waals surface area contributed by atoms with Crippen LogP contribution in [-0.2, 0) is 13.1 Å². The topological polar surface area (TPSA) is 47.9 Å². The lowest BCUT2D eigenvalue weighted by molar-refractivity contribution is 0.0954. The average Bonchev–Trinajstić information content (AvgIpc) is 3.35. The Labute approximate surface area is 188 Å². The smallest absolute Gasteiger partial charge is 0.271 e. The maximum atomic E-state index is 12.4. The highest BCUT2D eigenvalue weighted by Crippen LogP contribution is 2.13. The van der Waals surface area contributed by atoms with Crippen molar-refractivity contribution in [2.75, 3.05) is 26.2 Å². The van der Waals surface area contributed by atoms with Crippen molar-refractivity contribution in [3.63, 3.8) is 0 Å². The lowest BCUT2D eigenvalue weighted by atomic mass is 10.1. The number of piperazine rings is 1. The Morgan fingerprint density at radius 1 is 0.871 bits per heavy atom. The number of hydrogen-bond acceptors (Lipinski definition) is 5. The highest BCUT2D eigenvalue weighted by atomic mass is 32.1. The second-order valence-electron chi connectivity index (χ2n) is 7.85. The SMILES string of the molecule is C/C(=N/NC(=O)c1ccc(CN2CCN(Cc3ccccc3)CC2)cc1)c1cccs1. The summed E-state index contributed by atoms with van der Waals surface area (Å²) in [4.78, 5) is 18.4. The molecule has 31 heavy (non-hydrogen) atoms. The minimum atomic E-state index is -0.183. The number of hydrogen-bond donors (Lipinski definition) is 1. The van der Waals surface area contributed by atoms with Gasteiger partial charge in [0.05, 0.1) is 5.71 Å². The van der Waals surface area contributed by atoms with E-state index in [1.165, 1.54) is 11.1 Å². The highest BCUT2D eigenvalue weighted by Gasteiger charge is 2.17. The molecule has 3 aromatic rings. The first-order valence-electron chi connectivity index (χ1n) is 10.6. The molecule has 4 rings (SSSR count). The number of carbonyl (C=O) groups is 1. The van der Waals surface area contributed by atoms with Gasteiger partial charge in [0, 0.05) is 49.7 Å². The third kappa shape index (κ3) is 6.10. The molecule has 0 aliphatic carbocycles. The molecule has 0 spiro atoms. The minimum absolute atomic E-state index is 0.183. The lowest BCUT2D eigenvalue weighted by Crippen LogP contribution is -2.45. The van der Waals surface area contributed by atoms with E-state index in [1.54, 1.807) is 11.3 Å². The van der Waals surface area contributed by atoms with Crippen molar-refractivity contribution in [1.29, 1.82) is 0 Å². The molecule has 1 fully saturated rings. The van der Waals surface area contributed by atoms with Crippen LogP contribution >= 0.6 is 11.3 Å². The Hall–Kier alpha value is -2.80. The maximum absolute atomic E-state index is 12.4. The van der Waals surface area contributed by atoms with Gasteiger partial charge in [0.1, 0.15) is 0 Å². The van der Waals surface area contributed by atoms with E-state index in [0.717, 1.165) is 49.9 Å². The Bertz CT molecular complexity index is 992. The van der Waals surface area contributed by atoms with E-state index >= 15 is 0 Å². The Kier molecular flexibility index (Phi) is 7.25. The number of nitrogens with one attached hydrogen (secondary N) is 1. The average molecular weight is 433 g/mol. The number of hydrazone groups is 1. The molecule has 1 saturated heterocycles. The molecular weight excluding hydrogens is 404 g/mol. The van der Waals surface area contributed by atoms with E-state index in [2.05, 4.69) is 50.7 Å². The van der Waals surface area contributed by atoms with Crippen LogP contribution in [0, 0.1) is 0 Å². The van der Waals surface area contributed by atoms with E-state index < -0.39 is 0 Å². The molecule has 5 nitrogen and oxygen atoms in total. The Balaban J connectivity index is 1.24. The summed E-state index contributed by atoms with van der Waals surface area (Å²) >= 11 is 1.61. The van der Waals surface area contributed by atoms with E-state index in [0.29, 0.717) is 5.56 Å². The largest absolute Gasteiger partial charge is 0.297 e. The summed E-state index contributed by atoms with van der Waals surface area (Å²) in [6.45, 7) is 8.12. The fourth-order valence-corrected chi connectivity index (χ4v) is 4.38. The first-order chi connectivity index (χ1) is 15.2. The van der Waals surface area contributed by atoms with Crippen LogP contribution in [0.5, 0.6) is 0 Å². The number of nitrogens with zero attached hydrogens (tertiary/aromatic N) is 3. The molecule has 1 aliphatic rings. The van der Waals surface area contributed by atoms with Gasteiger partial charge in [0.25, 0.3) is 5.91 Å². The third-order valence-electron chi connectivity index (χ3n) is 5.54. The molecule has 1 N–H and O–H groups in total. The van der Waals surface area contributed by atoms with Gasteiger partial charge in [0.15, 0.2) is 0 Å². The van der Waals surface area contributed by atoms with E-state index in [9.17, 15) is 4.79 Å². The van der Waals surface area contributed by atoms with Crippen molar-refractivity contribution in [2.24, 2.45) is 5.10 Å². The Morgan fingerprint density at radius 3 is 2.06 bits per heavy atom. The highest BCUT2D eigenvalue weighted by molar-refractivity contribution is 7.12. The quantitative estimate of drug-likeness (QED) is 0.449. The third-order valence-corrected chi connectivity index (χ3v) is 6.52. The van der Waals surface area contributed by atoms with Gasteiger partial charge in [-0.25, -0.2) is 5.43 Å². The van der Waals surface area contributed by atoms with Crippen LogP contribution < -0.4 is 5.43 Å². The summed E-state index contributed by atoms with van der Waals surface area (Å²) in [6, 6.07) is 22.5. The molecule has 0 saturated carbocycles. The summed E-state index contributed by atoms with van der Waals surface area (Å²) in [6.07, 6.45) is 0. The molecule has 1 aliphatic heterocycles.